The maximum Gasteiger partial charge on any atom is 0.525 e. The number of carbonyl (C=O) groups excluding carboxylic acids is 1. The van der Waals surface area contributed by atoms with Gasteiger partial charge in [0.05, 0.1) is 34.7 Å². The highest BCUT2D eigenvalue weighted by Crippen LogP contribution is 2.50. The molecule has 0 spiro atoms. The lowest BCUT2D eigenvalue weighted by Gasteiger charge is -2.17. The Morgan fingerprint density at radius 2 is 1.54 bits per heavy atom. The number of phosphoric acid groups is 1. The van der Waals surface area contributed by atoms with Crippen molar-refractivity contribution in [2.75, 3.05) is 28.4 Å². The second-order valence-corrected chi connectivity index (χ2v) is 8.06. The third-order valence-electron chi connectivity index (χ3n) is 4.82. The van der Waals surface area contributed by atoms with Crippen LogP contribution >= 0.6 is 7.82 Å². The van der Waals surface area contributed by atoms with Gasteiger partial charge < -0.3 is 33.0 Å². The summed E-state index contributed by atoms with van der Waals surface area (Å²) in [5.41, 5.74) is -0.0979. The van der Waals surface area contributed by atoms with Crippen LogP contribution in [0.3, 0.4) is 0 Å². The molecule has 11 nitrogen and oxygen atoms in total. The second kappa shape index (κ2) is 10.6. The average molecular weight is 506 g/mol. The van der Waals surface area contributed by atoms with Gasteiger partial charge in [-0.1, -0.05) is 0 Å². The summed E-state index contributed by atoms with van der Waals surface area (Å²) in [6.07, 6.45) is 2.75. The highest BCUT2D eigenvalue weighted by molar-refractivity contribution is 7.46. The van der Waals surface area contributed by atoms with Gasteiger partial charge in [0.25, 0.3) is 0 Å². The van der Waals surface area contributed by atoms with Crippen LogP contribution in [0.4, 0.5) is 0 Å². The average Bonchev–Trinajstić information content (AvgIpc) is 3.35. The minimum atomic E-state index is -5.08. The zero-order valence-electron chi connectivity index (χ0n) is 19.2. The first kappa shape index (κ1) is 25.7. The van der Waals surface area contributed by atoms with Crippen molar-refractivity contribution in [1.82, 2.24) is 0 Å². The van der Waals surface area contributed by atoms with Gasteiger partial charge in [-0.05, 0) is 42.5 Å². The van der Waals surface area contributed by atoms with Crippen molar-refractivity contribution in [3.63, 3.8) is 0 Å². The first-order valence-corrected chi connectivity index (χ1v) is 11.4. The van der Waals surface area contributed by atoms with Gasteiger partial charge in [0.2, 0.25) is 11.5 Å². The SMILES string of the molecule is COc1cc(C(=O)/C(=C\c2ccco2)c2ccc(OC)c(OP(=O)(O)O)c2O)cc(OC)c1OC. The third-order valence-corrected chi connectivity index (χ3v) is 5.24. The number of allylic oxidation sites excluding steroid dienone is 1. The van der Waals surface area contributed by atoms with E-state index in [1.165, 1.54) is 65.0 Å². The van der Waals surface area contributed by atoms with Crippen LogP contribution in [0.2, 0.25) is 0 Å². The Kier molecular flexibility index (Phi) is 7.75. The van der Waals surface area contributed by atoms with Crippen molar-refractivity contribution < 1.29 is 52.1 Å². The molecule has 0 unspecified atom stereocenters. The molecule has 3 aromatic rings. The fraction of sp³-hybridized carbons (Fsp3) is 0.174. The molecule has 1 aromatic heterocycles. The monoisotopic (exact) mass is 506 g/mol. The van der Waals surface area contributed by atoms with Crippen molar-refractivity contribution in [3.05, 3.63) is 59.5 Å². The Balaban J connectivity index is 2.25. The predicted octanol–water partition coefficient (Wildman–Crippen LogP) is 3.91. The van der Waals surface area contributed by atoms with E-state index in [-0.39, 0.29) is 45.5 Å². The zero-order valence-corrected chi connectivity index (χ0v) is 20.1. The van der Waals surface area contributed by atoms with Crippen LogP contribution in [0.15, 0.2) is 47.1 Å². The summed E-state index contributed by atoms with van der Waals surface area (Å²) in [7, 11) is 0.349. The van der Waals surface area contributed by atoms with Crippen molar-refractivity contribution >= 4 is 25.3 Å². The number of Topliss-reactive ketones (excluding diaryl/α,β-unsaturated/α-hetero) is 1. The number of furan rings is 1. The molecular formula is C23H23O11P. The quantitative estimate of drug-likeness (QED) is 0.208. The van der Waals surface area contributed by atoms with Gasteiger partial charge in [0.1, 0.15) is 5.76 Å². The number of phosphoric ester groups is 1. The van der Waals surface area contributed by atoms with Gasteiger partial charge in [-0.3, -0.25) is 14.6 Å². The largest absolute Gasteiger partial charge is 0.525 e. The fourth-order valence-corrected chi connectivity index (χ4v) is 3.70. The summed E-state index contributed by atoms with van der Waals surface area (Å²) in [5, 5.41) is 10.9. The number of hydrogen-bond acceptors (Lipinski definition) is 9. The molecule has 0 saturated carbocycles. The number of phenolic OH excluding ortho intramolecular Hbond substituents is 1. The molecule has 35 heavy (non-hydrogen) atoms. The summed E-state index contributed by atoms with van der Waals surface area (Å²) in [6.45, 7) is 0. The standard InChI is InChI=1S/C23H23O11P/c1-29-17-8-7-15(21(25)23(17)34-35(26,27)28)16(12-14-6-5-9-33-14)20(24)13-10-18(30-2)22(32-4)19(11-13)31-3/h5-12,25H,1-4H3,(H2,26,27,28)/b16-12-. The Morgan fingerprint density at radius 3 is 2.03 bits per heavy atom. The van der Waals surface area contributed by atoms with Crippen LogP contribution in [-0.2, 0) is 4.57 Å². The molecule has 0 bridgehead atoms. The number of ether oxygens (including phenoxy) is 4. The summed E-state index contributed by atoms with van der Waals surface area (Å²) >= 11 is 0. The molecule has 186 valence electrons. The topological polar surface area (TPSA) is 154 Å². The number of hydrogen-bond donors (Lipinski definition) is 3. The van der Waals surface area contributed by atoms with Gasteiger partial charge in [-0.2, -0.15) is 0 Å². The van der Waals surface area contributed by atoms with E-state index in [2.05, 4.69) is 4.52 Å². The Bertz CT molecular complexity index is 1260. The van der Waals surface area contributed by atoms with Gasteiger partial charge >= 0.3 is 7.82 Å². The van der Waals surface area contributed by atoms with Gasteiger partial charge in [-0.25, -0.2) is 4.57 Å². The molecule has 2 aromatic carbocycles. The molecule has 0 fully saturated rings. The Morgan fingerprint density at radius 1 is 0.914 bits per heavy atom. The molecule has 0 amide bonds. The smallest absolute Gasteiger partial charge is 0.504 e. The minimum Gasteiger partial charge on any atom is -0.504 e. The molecule has 1 heterocycles. The molecular weight excluding hydrogens is 483 g/mol. The Hall–Kier alpha value is -3.92. The normalized spacial score (nSPS) is 11.7. The van der Waals surface area contributed by atoms with E-state index in [1.54, 1.807) is 12.1 Å². The minimum absolute atomic E-state index is 0.0927. The van der Waals surface area contributed by atoms with Crippen molar-refractivity contribution in [2.24, 2.45) is 0 Å². The maximum absolute atomic E-state index is 13.7. The first-order chi connectivity index (χ1) is 16.6. The number of benzene rings is 2. The van der Waals surface area contributed by atoms with Crippen LogP contribution in [0.1, 0.15) is 21.7 Å². The van der Waals surface area contributed by atoms with Gasteiger partial charge in [-0.15, -0.1) is 0 Å². The first-order valence-electron chi connectivity index (χ1n) is 9.88. The van der Waals surface area contributed by atoms with Crippen LogP contribution in [0.25, 0.3) is 11.6 Å². The molecule has 3 N–H and O–H groups in total. The van der Waals surface area contributed by atoms with E-state index in [9.17, 15) is 24.3 Å². The molecule has 0 atom stereocenters. The van der Waals surface area contributed by atoms with Crippen LogP contribution in [0.5, 0.6) is 34.5 Å². The zero-order chi connectivity index (χ0) is 25.8. The number of methoxy groups -OCH3 is 4. The molecule has 0 aliphatic rings. The molecule has 3 rings (SSSR count). The highest BCUT2D eigenvalue weighted by Gasteiger charge is 2.28. The highest BCUT2D eigenvalue weighted by atomic mass is 31.2. The lowest BCUT2D eigenvalue weighted by Crippen LogP contribution is -2.06. The molecule has 0 saturated heterocycles. The summed E-state index contributed by atoms with van der Waals surface area (Å²) in [5.74, 6) is -1.15. The predicted molar refractivity (Wildman–Crippen MR) is 124 cm³/mol. The molecule has 0 radical (unpaired) electrons. The van der Waals surface area contributed by atoms with E-state index < -0.39 is 25.1 Å². The van der Waals surface area contributed by atoms with Crippen LogP contribution < -0.4 is 23.5 Å². The molecule has 0 aliphatic carbocycles. The lowest BCUT2D eigenvalue weighted by molar-refractivity contribution is 0.105. The number of aromatic hydroxyl groups is 1. The van der Waals surface area contributed by atoms with Crippen LogP contribution in [-0.4, -0.2) is 49.1 Å². The van der Waals surface area contributed by atoms with Crippen molar-refractivity contribution in [1.29, 1.82) is 0 Å². The summed E-state index contributed by atoms with van der Waals surface area (Å²) in [6, 6.07) is 8.66. The fourth-order valence-electron chi connectivity index (χ4n) is 3.29. The van der Waals surface area contributed by atoms with E-state index in [4.69, 9.17) is 23.4 Å². The summed E-state index contributed by atoms with van der Waals surface area (Å²) in [4.78, 5) is 32.3. The van der Waals surface area contributed by atoms with Gasteiger partial charge in [0.15, 0.2) is 28.8 Å². The number of carbonyl (C=O) groups is 1. The lowest BCUT2D eigenvalue weighted by atomic mass is 9.94. The maximum atomic E-state index is 13.7. The van der Waals surface area contributed by atoms with Crippen LogP contribution in [0, 0.1) is 0 Å². The van der Waals surface area contributed by atoms with E-state index in [1.807, 2.05) is 0 Å². The van der Waals surface area contributed by atoms with E-state index >= 15 is 0 Å². The molecule has 12 heteroatoms. The number of rotatable bonds is 10. The number of ketones is 1. The van der Waals surface area contributed by atoms with E-state index in [0.29, 0.717) is 0 Å². The Labute approximate surface area is 200 Å². The molecule has 0 aliphatic heterocycles. The summed E-state index contributed by atoms with van der Waals surface area (Å²) < 4.78 is 42.4. The van der Waals surface area contributed by atoms with Crippen molar-refractivity contribution in [2.45, 2.75) is 0 Å². The third kappa shape index (κ3) is 5.60. The van der Waals surface area contributed by atoms with Gasteiger partial charge in [0, 0.05) is 16.7 Å². The van der Waals surface area contributed by atoms with Crippen molar-refractivity contribution in [3.8, 4) is 34.5 Å². The number of phenols is 1. The second-order valence-electron chi connectivity index (χ2n) is 6.89. The van der Waals surface area contributed by atoms with E-state index in [0.717, 1.165) is 0 Å².